The number of aliphatic imine (C=N–C) groups is 1. The second kappa shape index (κ2) is 9.15. The van der Waals surface area contributed by atoms with E-state index in [4.69, 9.17) is 10.5 Å². The van der Waals surface area contributed by atoms with Crippen LogP contribution in [0.5, 0.6) is 0 Å². The SMILES string of the molecule is CCOC(=O)C1=C(O)/C(=C/c2cn(CC(N)=O)c3ccccc23)SC1=Nc1ccccc1. The van der Waals surface area contributed by atoms with Gasteiger partial charge in [0.1, 0.15) is 22.9 Å². The van der Waals surface area contributed by atoms with Crippen LogP contribution in [-0.4, -0.2) is 33.2 Å². The van der Waals surface area contributed by atoms with Gasteiger partial charge < -0.3 is 20.1 Å². The highest BCUT2D eigenvalue weighted by atomic mass is 32.2. The number of hydrogen-bond acceptors (Lipinski definition) is 6. The van der Waals surface area contributed by atoms with Crippen molar-refractivity contribution in [2.75, 3.05) is 6.61 Å². The van der Waals surface area contributed by atoms with Crippen LogP contribution in [0.3, 0.4) is 0 Å². The molecule has 4 rings (SSSR count). The van der Waals surface area contributed by atoms with Crippen LogP contribution in [0.25, 0.3) is 17.0 Å². The van der Waals surface area contributed by atoms with Crippen LogP contribution < -0.4 is 5.73 Å². The van der Waals surface area contributed by atoms with Gasteiger partial charge in [-0.2, -0.15) is 0 Å². The predicted octanol–water partition coefficient (Wildman–Crippen LogP) is 4.32. The number of esters is 1. The number of primary amides is 1. The summed E-state index contributed by atoms with van der Waals surface area (Å²) in [7, 11) is 0. The Morgan fingerprint density at radius 1 is 1.16 bits per heavy atom. The van der Waals surface area contributed by atoms with E-state index in [-0.39, 0.29) is 24.5 Å². The van der Waals surface area contributed by atoms with Gasteiger partial charge in [-0.1, -0.05) is 48.2 Å². The Bertz CT molecular complexity index is 1290. The molecular weight excluding hydrogens is 426 g/mol. The van der Waals surface area contributed by atoms with Crippen LogP contribution in [0.2, 0.25) is 0 Å². The topological polar surface area (TPSA) is 107 Å². The van der Waals surface area contributed by atoms with Crippen molar-refractivity contribution in [3.05, 3.63) is 82.6 Å². The number of benzene rings is 2. The summed E-state index contributed by atoms with van der Waals surface area (Å²) in [5.41, 5.74) is 7.70. The van der Waals surface area contributed by atoms with E-state index in [1.165, 1.54) is 11.8 Å². The Morgan fingerprint density at radius 2 is 1.88 bits per heavy atom. The molecule has 3 aromatic rings. The van der Waals surface area contributed by atoms with Crippen LogP contribution in [-0.2, 0) is 20.9 Å². The molecule has 2 aromatic carbocycles. The summed E-state index contributed by atoms with van der Waals surface area (Å²) in [4.78, 5) is 29.1. The third kappa shape index (κ3) is 4.31. The van der Waals surface area contributed by atoms with Gasteiger partial charge in [-0.05, 0) is 31.2 Å². The maximum Gasteiger partial charge on any atom is 0.344 e. The van der Waals surface area contributed by atoms with Gasteiger partial charge in [0, 0.05) is 22.7 Å². The summed E-state index contributed by atoms with van der Waals surface area (Å²) in [6.45, 7) is 1.92. The molecule has 0 fully saturated rings. The first kappa shape index (κ1) is 21.5. The minimum absolute atomic E-state index is 0.0350. The molecule has 1 aliphatic rings. The lowest BCUT2D eigenvalue weighted by Crippen LogP contribution is -2.17. The van der Waals surface area contributed by atoms with E-state index in [1.807, 2.05) is 54.6 Å². The molecule has 0 bridgehead atoms. The normalized spacial score (nSPS) is 16.3. The fourth-order valence-corrected chi connectivity index (χ4v) is 4.47. The minimum atomic E-state index is -0.633. The zero-order valence-electron chi connectivity index (χ0n) is 17.3. The zero-order valence-corrected chi connectivity index (χ0v) is 18.1. The highest BCUT2D eigenvalue weighted by Crippen LogP contribution is 2.41. The number of nitrogens with zero attached hydrogens (tertiary/aromatic N) is 2. The van der Waals surface area contributed by atoms with Crippen LogP contribution in [0, 0.1) is 0 Å². The maximum atomic E-state index is 12.6. The van der Waals surface area contributed by atoms with Gasteiger partial charge in [-0.25, -0.2) is 9.79 Å². The summed E-state index contributed by atoms with van der Waals surface area (Å²) < 4.78 is 6.91. The van der Waals surface area contributed by atoms with Crippen molar-refractivity contribution in [2.45, 2.75) is 13.5 Å². The van der Waals surface area contributed by atoms with E-state index < -0.39 is 11.9 Å². The van der Waals surface area contributed by atoms with Crippen molar-refractivity contribution >= 4 is 51.3 Å². The molecule has 0 aliphatic carbocycles. The molecule has 3 N–H and O–H groups in total. The molecule has 0 saturated heterocycles. The van der Waals surface area contributed by atoms with Crippen LogP contribution in [0.1, 0.15) is 12.5 Å². The van der Waals surface area contributed by atoms with Crippen molar-refractivity contribution in [1.29, 1.82) is 0 Å². The number of thioether (sulfide) groups is 1. The molecule has 32 heavy (non-hydrogen) atoms. The van der Waals surface area contributed by atoms with Gasteiger partial charge in [-0.15, -0.1) is 0 Å². The monoisotopic (exact) mass is 447 g/mol. The number of amides is 1. The molecule has 0 radical (unpaired) electrons. The van der Waals surface area contributed by atoms with Gasteiger partial charge in [-0.3, -0.25) is 4.79 Å². The van der Waals surface area contributed by atoms with E-state index in [1.54, 1.807) is 23.8 Å². The highest BCUT2D eigenvalue weighted by molar-refractivity contribution is 8.18. The lowest BCUT2D eigenvalue weighted by molar-refractivity contribution is -0.138. The van der Waals surface area contributed by atoms with Gasteiger partial charge in [0.05, 0.1) is 17.2 Å². The molecule has 1 aromatic heterocycles. The first-order valence-electron chi connectivity index (χ1n) is 9.98. The van der Waals surface area contributed by atoms with Crippen LogP contribution >= 0.6 is 11.8 Å². The average molecular weight is 448 g/mol. The second-order valence-electron chi connectivity index (χ2n) is 7.00. The molecule has 1 aliphatic heterocycles. The lowest BCUT2D eigenvalue weighted by Gasteiger charge is -2.03. The molecule has 162 valence electrons. The quantitative estimate of drug-likeness (QED) is 0.547. The number of carbonyl (C=O) groups is 2. The number of aromatic nitrogens is 1. The van der Waals surface area contributed by atoms with E-state index in [9.17, 15) is 14.7 Å². The van der Waals surface area contributed by atoms with Crippen molar-refractivity contribution in [2.24, 2.45) is 10.7 Å². The van der Waals surface area contributed by atoms with Crippen molar-refractivity contribution < 1.29 is 19.4 Å². The number of hydrogen-bond donors (Lipinski definition) is 2. The smallest absolute Gasteiger partial charge is 0.344 e. The Kier molecular flexibility index (Phi) is 6.13. The number of para-hydroxylation sites is 2. The Morgan fingerprint density at radius 3 is 2.59 bits per heavy atom. The maximum absolute atomic E-state index is 12.6. The number of carbonyl (C=O) groups excluding carboxylic acids is 2. The lowest BCUT2D eigenvalue weighted by atomic mass is 10.1. The summed E-state index contributed by atoms with van der Waals surface area (Å²) in [6, 6.07) is 16.8. The minimum Gasteiger partial charge on any atom is -0.506 e. The van der Waals surface area contributed by atoms with Crippen LogP contribution in [0.15, 0.2) is 82.0 Å². The number of aliphatic hydroxyl groups excluding tert-OH is 1. The van der Waals surface area contributed by atoms with E-state index in [0.717, 1.165) is 16.5 Å². The fraction of sp³-hybridized carbons (Fsp3) is 0.125. The van der Waals surface area contributed by atoms with Crippen molar-refractivity contribution in [1.82, 2.24) is 4.57 Å². The van der Waals surface area contributed by atoms with Gasteiger partial charge in [0.25, 0.3) is 0 Å². The predicted molar refractivity (Wildman–Crippen MR) is 127 cm³/mol. The first-order valence-corrected chi connectivity index (χ1v) is 10.8. The summed E-state index contributed by atoms with van der Waals surface area (Å²) in [5, 5.41) is 12.2. The molecule has 1 amide bonds. The van der Waals surface area contributed by atoms with E-state index in [2.05, 4.69) is 4.99 Å². The number of rotatable bonds is 6. The average Bonchev–Trinajstić information content (AvgIpc) is 3.26. The molecule has 0 spiro atoms. The third-order valence-electron chi connectivity index (χ3n) is 4.79. The van der Waals surface area contributed by atoms with Crippen molar-refractivity contribution in [3.63, 3.8) is 0 Å². The summed E-state index contributed by atoms with van der Waals surface area (Å²) in [5.74, 6) is -1.27. The number of ether oxygens (including phenoxy) is 1. The number of aliphatic hydroxyl groups is 1. The summed E-state index contributed by atoms with van der Waals surface area (Å²) in [6.07, 6.45) is 3.57. The molecule has 2 heterocycles. The summed E-state index contributed by atoms with van der Waals surface area (Å²) >= 11 is 1.19. The van der Waals surface area contributed by atoms with Crippen LogP contribution in [0.4, 0.5) is 5.69 Å². The molecular formula is C24H21N3O4S. The van der Waals surface area contributed by atoms with E-state index >= 15 is 0 Å². The fourth-order valence-electron chi connectivity index (χ4n) is 3.44. The van der Waals surface area contributed by atoms with Gasteiger partial charge in [0.2, 0.25) is 5.91 Å². The first-order chi connectivity index (χ1) is 15.5. The highest BCUT2D eigenvalue weighted by Gasteiger charge is 2.33. The molecule has 0 unspecified atom stereocenters. The Balaban J connectivity index is 1.81. The van der Waals surface area contributed by atoms with Crippen molar-refractivity contribution in [3.8, 4) is 0 Å². The zero-order chi connectivity index (χ0) is 22.7. The van der Waals surface area contributed by atoms with E-state index in [0.29, 0.717) is 15.6 Å². The number of nitrogens with two attached hydrogens (primary N) is 1. The van der Waals surface area contributed by atoms with Gasteiger partial charge in [0.15, 0.2) is 0 Å². The standard InChI is InChI=1S/C24H21N3O4S/c1-2-31-24(30)21-22(29)19(32-23(21)26-16-8-4-3-5-9-16)12-15-13-27(14-20(25)28)18-11-7-6-10-17(15)18/h3-13,29H,2,14H2,1H3,(H2,25,28)/b19-12-,26-23?. The largest absolute Gasteiger partial charge is 0.506 e. The molecule has 0 atom stereocenters. The molecule has 0 saturated carbocycles. The second-order valence-corrected chi connectivity index (χ2v) is 8.03. The Labute approximate surface area is 188 Å². The number of fused-ring (bicyclic) bond motifs is 1. The third-order valence-corrected chi connectivity index (χ3v) is 5.81. The Hall–Kier alpha value is -3.78. The molecule has 7 nitrogen and oxygen atoms in total. The molecule has 8 heteroatoms. The van der Waals surface area contributed by atoms with Gasteiger partial charge >= 0.3 is 5.97 Å².